The molecule has 1 heterocycles. The third-order valence-corrected chi connectivity index (χ3v) is 3.18. The van der Waals surface area contributed by atoms with Gasteiger partial charge in [-0.3, -0.25) is 4.79 Å². The molecular formula is C17H19NO6. The lowest BCUT2D eigenvalue weighted by Gasteiger charge is -2.15. The Morgan fingerprint density at radius 2 is 2.04 bits per heavy atom. The van der Waals surface area contributed by atoms with Crippen molar-refractivity contribution in [2.45, 2.75) is 26.4 Å². The van der Waals surface area contributed by atoms with Gasteiger partial charge >= 0.3 is 11.9 Å². The molecular weight excluding hydrogens is 314 g/mol. The standard InChI is InChI=1S/C17H19NO6/c1-3-22-16(20)7-8-17(21)24-11(2)10-23-14-6-4-5-13-12(14)9-15(19)18-13/h4-8,11H,3,9-10H2,1-2H3,(H,18,19)/b8-7+. The van der Waals surface area contributed by atoms with Gasteiger partial charge in [-0.05, 0) is 26.0 Å². The third-order valence-electron chi connectivity index (χ3n) is 3.18. The van der Waals surface area contributed by atoms with Crippen molar-refractivity contribution in [2.24, 2.45) is 0 Å². The second-order valence-electron chi connectivity index (χ2n) is 5.15. The molecule has 0 radical (unpaired) electrons. The van der Waals surface area contributed by atoms with Gasteiger partial charge in [-0.1, -0.05) is 6.07 Å². The quantitative estimate of drug-likeness (QED) is 0.602. The minimum atomic E-state index is -0.658. The van der Waals surface area contributed by atoms with Crippen LogP contribution in [-0.2, 0) is 30.3 Å². The molecule has 0 bridgehead atoms. The summed E-state index contributed by atoms with van der Waals surface area (Å²) in [5.41, 5.74) is 1.53. The molecule has 1 atom stereocenters. The van der Waals surface area contributed by atoms with Crippen molar-refractivity contribution < 1.29 is 28.6 Å². The molecule has 1 N–H and O–H groups in total. The number of benzene rings is 1. The van der Waals surface area contributed by atoms with Crippen molar-refractivity contribution >= 4 is 23.5 Å². The first-order valence-corrected chi connectivity index (χ1v) is 7.59. The van der Waals surface area contributed by atoms with Crippen molar-refractivity contribution in [1.82, 2.24) is 0 Å². The first-order valence-electron chi connectivity index (χ1n) is 7.59. The first-order chi connectivity index (χ1) is 11.5. The third kappa shape index (κ3) is 4.84. The predicted octanol–water partition coefficient (Wildman–Crippen LogP) is 1.61. The molecule has 7 heteroatoms. The summed E-state index contributed by atoms with van der Waals surface area (Å²) in [6.07, 6.45) is 1.77. The van der Waals surface area contributed by atoms with Gasteiger partial charge in [0.15, 0.2) is 0 Å². The largest absolute Gasteiger partial charge is 0.489 e. The summed E-state index contributed by atoms with van der Waals surface area (Å²) in [6.45, 7) is 3.71. The summed E-state index contributed by atoms with van der Waals surface area (Å²) >= 11 is 0. The van der Waals surface area contributed by atoms with Gasteiger partial charge < -0.3 is 19.5 Å². The fourth-order valence-corrected chi connectivity index (χ4v) is 2.16. The average molecular weight is 333 g/mol. The number of hydrogen-bond donors (Lipinski definition) is 1. The lowest BCUT2D eigenvalue weighted by molar-refractivity contribution is -0.144. The number of carbonyl (C=O) groups is 3. The van der Waals surface area contributed by atoms with Crippen LogP contribution >= 0.6 is 0 Å². The van der Waals surface area contributed by atoms with Crippen molar-refractivity contribution in [3.63, 3.8) is 0 Å². The maximum Gasteiger partial charge on any atom is 0.331 e. The second-order valence-corrected chi connectivity index (χ2v) is 5.15. The molecule has 0 spiro atoms. The van der Waals surface area contributed by atoms with Gasteiger partial charge in [-0.15, -0.1) is 0 Å². The highest BCUT2D eigenvalue weighted by Crippen LogP contribution is 2.31. The maximum absolute atomic E-state index is 11.6. The monoisotopic (exact) mass is 333 g/mol. The van der Waals surface area contributed by atoms with Gasteiger partial charge in [-0.25, -0.2) is 9.59 Å². The van der Waals surface area contributed by atoms with Crippen molar-refractivity contribution in [2.75, 3.05) is 18.5 Å². The summed E-state index contributed by atoms with van der Waals surface area (Å²) in [5, 5.41) is 2.74. The summed E-state index contributed by atoms with van der Waals surface area (Å²) < 4.78 is 15.4. The highest BCUT2D eigenvalue weighted by Gasteiger charge is 2.21. The number of anilines is 1. The molecule has 0 aromatic heterocycles. The Hall–Kier alpha value is -2.83. The van der Waals surface area contributed by atoms with E-state index in [0.29, 0.717) is 5.75 Å². The molecule has 1 amide bonds. The van der Waals surface area contributed by atoms with Crippen molar-refractivity contribution in [3.8, 4) is 5.75 Å². The minimum Gasteiger partial charge on any atom is -0.489 e. The van der Waals surface area contributed by atoms with Crippen LogP contribution in [0.5, 0.6) is 5.75 Å². The second kappa shape index (κ2) is 8.14. The molecule has 24 heavy (non-hydrogen) atoms. The predicted molar refractivity (Wildman–Crippen MR) is 85.6 cm³/mol. The number of nitrogens with one attached hydrogen (secondary N) is 1. The van der Waals surface area contributed by atoms with E-state index in [1.165, 1.54) is 0 Å². The Bertz CT molecular complexity index is 667. The van der Waals surface area contributed by atoms with Gasteiger partial charge in [0.05, 0.1) is 13.0 Å². The lowest BCUT2D eigenvalue weighted by Crippen LogP contribution is -2.21. The molecule has 7 nitrogen and oxygen atoms in total. The van der Waals surface area contributed by atoms with E-state index in [-0.39, 0.29) is 25.5 Å². The summed E-state index contributed by atoms with van der Waals surface area (Å²) in [5.74, 6) is -0.759. The summed E-state index contributed by atoms with van der Waals surface area (Å²) in [6, 6.07) is 5.34. The van der Waals surface area contributed by atoms with Crippen LogP contribution in [0.1, 0.15) is 19.4 Å². The Morgan fingerprint density at radius 1 is 1.29 bits per heavy atom. The molecule has 1 aliphatic rings. The van der Waals surface area contributed by atoms with Gasteiger partial charge in [0.2, 0.25) is 5.91 Å². The molecule has 0 fully saturated rings. The number of rotatable bonds is 7. The van der Waals surface area contributed by atoms with E-state index in [1.54, 1.807) is 32.0 Å². The topological polar surface area (TPSA) is 90.9 Å². The number of amides is 1. The molecule has 2 rings (SSSR count). The van der Waals surface area contributed by atoms with Gasteiger partial charge in [0, 0.05) is 23.4 Å². The number of carbonyl (C=O) groups excluding carboxylic acids is 3. The smallest absolute Gasteiger partial charge is 0.331 e. The van der Waals surface area contributed by atoms with Crippen molar-refractivity contribution in [1.29, 1.82) is 0 Å². The molecule has 128 valence electrons. The number of ether oxygens (including phenoxy) is 3. The van der Waals surface area contributed by atoms with Gasteiger partial charge in [-0.2, -0.15) is 0 Å². The van der Waals surface area contributed by atoms with E-state index in [2.05, 4.69) is 10.1 Å². The Balaban J connectivity index is 1.83. The number of hydrogen-bond acceptors (Lipinski definition) is 6. The zero-order valence-electron chi connectivity index (χ0n) is 13.5. The summed E-state index contributed by atoms with van der Waals surface area (Å²) in [7, 11) is 0. The normalized spacial score (nSPS) is 14.0. The first kappa shape index (κ1) is 17.5. The zero-order valence-corrected chi connectivity index (χ0v) is 13.5. The van der Waals surface area contributed by atoms with E-state index >= 15 is 0 Å². The Kier molecular flexibility index (Phi) is 5.95. The van der Waals surface area contributed by atoms with Gasteiger partial charge in [0.25, 0.3) is 0 Å². The SMILES string of the molecule is CCOC(=O)/C=C/C(=O)OC(C)COc1cccc2c1CC(=O)N2. The average Bonchev–Trinajstić information content (AvgIpc) is 2.92. The van der Waals surface area contributed by atoms with Crippen LogP contribution in [0.3, 0.4) is 0 Å². The van der Waals surface area contributed by atoms with E-state index in [9.17, 15) is 14.4 Å². The summed E-state index contributed by atoms with van der Waals surface area (Å²) in [4.78, 5) is 34.1. The molecule has 1 unspecified atom stereocenters. The Labute approximate surface area is 139 Å². The van der Waals surface area contributed by atoms with Crippen LogP contribution in [0.25, 0.3) is 0 Å². The lowest BCUT2D eigenvalue weighted by atomic mass is 10.1. The molecule has 0 aliphatic carbocycles. The van der Waals surface area contributed by atoms with Crippen molar-refractivity contribution in [3.05, 3.63) is 35.9 Å². The van der Waals surface area contributed by atoms with Crippen LogP contribution in [0.4, 0.5) is 5.69 Å². The van der Waals surface area contributed by atoms with E-state index < -0.39 is 18.0 Å². The molecule has 0 saturated carbocycles. The molecule has 1 aliphatic heterocycles. The zero-order chi connectivity index (χ0) is 17.5. The maximum atomic E-state index is 11.6. The van der Waals surface area contributed by atoms with Crippen LogP contribution < -0.4 is 10.1 Å². The fraction of sp³-hybridized carbons (Fsp3) is 0.353. The van der Waals surface area contributed by atoms with Crippen LogP contribution in [0.2, 0.25) is 0 Å². The highest BCUT2D eigenvalue weighted by molar-refractivity contribution is 6.00. The highest BCUT2D eigenvalue weighted by atomic mass is 16.6. The van der Waals surface area contributed by atoms with Gasteiger partial charge in [0.1, 0.15) is 18.5 Å². The van der Waals surface area contributed by atoms with Crippen LogP contribution in [-0.4, -0.2) is 37.2 Å². The van der Waals surface area contributed by atoms with Crippen LogP contribution in [0.15, 0.2) is 30.4 Å². The van der Waals surface area contributed by atoms with E-state index in [1.807, 2.05) is 0 Å². The fourth-order valence-electron chi connectivity index (χ4n) is 2.16. The van der Waals surface area contributed by atoms with Crippen LogP contribution in [0, 0.1) is 0 Å². The van der Waals surface area contributed by atoms with E-state index in [0.717, 1.165) is 23.4 Å². The van der Waals surface area contributed by atoms with E-state index in [4.69, 9.17) is 9.47 Å². The molecule has 1 aromatic carbocycles. The number of esters is 2. The Morgan fingerprint density at radius 3 is 2.79 bits per heavy atom. The minimum absolute atomic E-state index is 0.0790. The molecule has 1 aromatic rings. The number of fused-ring (bicyclic) bond motifs is 1. The molecule has 0 saturated heterocycles.